The Labute approximate surface area is 123 Å². The number of pyridine rings is 1. The number of carbonyl (C=O) groups excluding carboxylic acids is 1. The van der Waals surface area contributed by atoms with Crippen molar-refractivity contribution in [2.45, 2.75) is 6.42 Å². The Morgan fingerprint density at radius 1 is 1.25 bits per heavy atom. The summed E-state index contributed by atoms with van der Waals surface area (Å²) in [5, 5.41) is 4.13. The summed E-state index contributed by atoms with van der Waals surface area (Å²) in [5.74, 6) is -0.451. The van der Waals surface area contributed by atoms with Gasteiger partial charge in [-0.25, -0.2) is 8.91 Å². The minimum Gasteiger partial charge on any atom is -0.294 e. The first-order valence-electron chi connectivity index (χ1n) is 6.05. The van der Waals surface area contributed by atoms with E-state index in [0.717, 1.165) is 5.52 Å². The molecule has 20 heavy (non-hydrogen) atoms. The van der Waals surface area contributed by atoms with Crippen molar-refractivity contribution < 1.29 is 9.18 Å². The molecule has 0 radical (unpaired) electrons. The van der Waals surface area contributed by atoms with E-state index in [2.05, 4.69) is 21.0 Å². The molecule has 0 aliphatic rings. The maximum atomic E-state index is 13.5. The quantitative estimate of drug-likeness (QED) is 0.686. The Hall–Kier alpha value is -2.01. The van der Waals surface area contributed by atoms with Crippen molar-refractivity contribution in [3.05, 3.63) is 70.2 Å². The molecule has 0 N–H and O–H groups in total. The SMILES string of the molecule is O=C(Cc1cccc(F)c1Br)c1cnn2ccccc12. The van der Waals surface area contributed by atoms with Crippen molar-refractivity contribution in [3.8, 4) is 0 Å². The Morgan fingerprint density at radius 2 is 2.10 bits per heavy atom. The average molecular weight is 333 g/mol. The molecule has 0 unspecified atom stereocenters. The molecule has 3 aromatic rings. The predicted molar refractivity (Wildman–Crippen MR) is 77.3 cm³/mol. The van der Waals surface area contributed by atoms with Crippen LogP contribution in [0.5, 0.6) is 0 Å². The van der Waals surface area contributed by atoms with Gasteiger partial charge in [-0.3, -0.25) is 4.79 Å². The molecule has 0 saturated heterocycles. The van der Waals surface area contributed by atoms with Crippen LogP contribution in [-0.4, -0.2) is 15.4 Å². The summed E-state index contributed by atoms with van der Waals surface area (Å²) >= 11 is 3.17. The summed E-state index contributed by atoms with van der Waals surface area (Å²) in [4.78, 5) is 12.4. The summed E-state index contributed by atoms with van der Waals surface area (Å²) in [5.41, 5.74) is 1.93. The minimum absolute atomic E-state index is 0.0856. The van der Waals surface area contributed by atoms with Crippen LogP contribution in [0.3, 0.4) is 0 Å². The lowest BCUT2D eigenvalue weighted by atomic mass is 10.0. The second kappa shape index (κ2) is 5.17. The fourth-order valence-electron chi connectivity index (χ4n) is 2.10. The summed E-state index contributed by atoms with van der Waals surface area (Å²) in [6.07, 6.45) is 3.46. The number of nitrogens with zero attached hydrogens (tertiary/aromatic N) is 2. The van der Waals surface area contributed by atoms with Crippen LogP contribution in [-0.2, 0) is 6.42 Å². The van der Waals surface area contributed by atoms with Crippen LogP contribution < -0.4 is 0 Å². The van der Waals surface area contributed by atoms with Gasteiger partial charge in [0.2, 0.25) is 0 Å². The van der Waals surface area contributed by atoms with Crippen molar-refractivity contribution >= 4 is 27.2 Å². The molecule has 1 aromatic carbocycles. The Balaban J connectivity index is 1.95. The molecular weight excluding hydrogens is 323 g/mol. The number of rotatable bonds is 3. The Kier molecular flexibility index (Phi) is 3.36. The van der Waals surface area contributed by atoms with E-state index < -0.39 is 0 Å². The van der Waals surface area contributed by atoms with Crippen LogP contribution in [0.15, 0.2) is 53.3 Å². The number of hydrogen-bond acceptors (Lipinski definition) is 2. The zero-order valence-corrected chi connectivity index (χ0v) is 12.0. The molecule has 5 heteroatoms. The number of benzene rings is 1. The van der Waals surface area contributed by atoms with Gasteiger partial charge in [0.05, 0.1) is 21.7 Å². The standard InChI is InChI=1S/C15H10BrFN2O/c16-15-10(4-3-5-12(15)17)8-14(20)11-9-18-19-7-2-1-6-13(11)19/h1-7,9H,8H2. The van der Waals surface area contributed by atoms with Crippen molar-refractivity contribution in [2.24, 2.45) is 0 Å². The molecule has 2 aromatic heterocycles. The molecule has 0 bridgehead atoms. The molecule has 3 nitrogen and oxygen atoms in total. The van der Waals surface area contributed by atoms with E-state index in [9.17, 15) is 9.18 Å². The minimum atomic E-state index is -0.366. The van der Waals surface area contributed by atoms with Gasteiger partial charge in [-0.2, -0.15) is 5.10 Å². The fourth-order valence-corrected chi connectivity index (χ4v) is 2.51. The number of Topliss-reactive ketones (excluding diaryl/α,β-unsaturated/α-hetero) is 1. The zero-order chi connectivity index (χ0) is 14.1. The molecule has 0 saturated carbocycles. The normalized spacial score (nSPS) is 10.9. The first kappa shape index (κ1) is 13.0. The number of carbonyl (C=O) groups is 1. The summed E-state index contributed by atoms with van der Waals surface area (Å²) in [7, 11) is 0. The van der Waals surface area contributed by atoms with Crippen molar-refractivity contribution in [1.29, 1.82) is 0 Å². The molecule has 0 aliphatic heterocycles. The van der Waals surface area contributed by atoms with Crippen LogP contribution in [0.2, 0.25) is 0 Å². The first-order chi connectivity index (χ1) is 9.66. The van der Waals surface area contributed by atoms with Gasteiger partial charge in [0.25, 0.3) is 0 Å². The van der Waals surface area contributed by atoms with Gasteiger partial charge in [-0.05, 0) is 39.7 Å². The molecule has 0 spiro atoms. The summed E-state index contributed by atoms with van der Waals surface area (Å²) < 4.78 is 15.4. The molecule has 100 valence electrons. The number of aromatic nitrogens is 2. The third-order valence-electron chi connectivity index (χ3n) is 3.11. The van der Waals surface area contributed by atoms with Gasteiger partial charge in [-0.15, -0.1) is 0 Å². The lowest BCUT2D eigenvalue weighted by Crippen LogP contribution is -2.04. The average Bonchev–Trinajstić information content (AvgIpc) is 2.88. The largest absolute Gasteiger partial charge is 0.294 e. The van der Waals surface area contributed by atoms with Crippen LogP contribution >= 0.6 is 15.9 Å². The molecule has 0 atom stereocenters. The fraction of sp³-hybridized carbons (Fsp3) is 0.0667. The molecule has 2 heterocycles. The molecule has 0 amide bonds. The maximum Gasteiger partial charge on any atom is 0.171 e. The summed E-state index contributed by atoms with van der Waals surface area (Å²) in [6.45, 7) is 0. The molecule has 0 aliphatic carbocycles. The topological polar surface area (TPSA) is 34.4 Å². The highest BCUT2D eigenvalue weighted by Crippen LogP contribution is 2.22. The van der Waals surface area contributed by atoms with Crippen LogP contribution in [0.4, 0.5) is 4.39 Å². The van der Waals surface area contributed by atoms with Crippen molar-refractivity contribution in [2.75, 3.05) is 0 Å². The third kappa shape index (κ3) is 2.25. The number of hydrogen-bond donors (Lipinski definition) is 0. The van der Waals surface area contributed by atoms with E-state index in [0.29, 0.717) is 15.6 Å². The molecular formula is C15H10BrFN2O. The number of ketones is 1. The molecule has 3 rings (SSSR count). The predicted octanol–water partition coefficient (Wildman–Crippen LogP) is 3.66. The van der Waals surface area contributed by atoms with E-state index in [1.54, 1.807) is 29.0 Å². The second-order valence-electron chi connectivity index (χ2n) is 4.40. The van der Waals surface area contributed by atoms with E-state index >= 15 is 0 Å². The highest BCUT2D eigenvalue weighted by molar-refractivity contribution is 9.10. The lowest BCUT2D eigenvalue weighted by Gasteiger charge is -2.04. The van der Waals surface area contributed by atoms with Gasteiger partial charge in [-0.1, -0.05) is 18.2 Å². The Morgan fingerprint density at radius 3 is 2.95 bits per heavy atom. The Bertz CT molecular complexity index is 797. The van der Waals surface area contributed by atoms with Gasteiger partial charge in [0.15, 0.2) is 5.78 Å². The van der Waals surface area contributed by atoms with Gasteiger partial charge in [0, 0.05) is 12.6 Å². The van der Waals surface area contributed by atoms with E-state index in [1.165, 1.54) is 6.07 Å². The monoisotopic (exact) mass is 332 g/mol. The van der Waals surface area contributed by atoms with E-state index in [-0.39, 0.29) is 18.0 Å². The van der Waals surface area contributed by atoms with E-state index in [4.69, 9.17) is 0 Å². The van der Waals surface area contributed by atoms with E-state index in [1.807, 2.05) is 18.2 Å². The third-order valence-corrected chi connectivity index (χ3v) is 4.00. The second-order valence-corrected chi connectivity index (χ2v) is 5.19. The van der Waals surface area contributed by atoms with Crippen LogP contribution in [0.1, 0.15) is 15.9 Å². The van der Waals surface area contributed by atoms with Gasteiger partial charge < -0.3 is 0 Å². The number of halogens is 2. The first-order valence-corrected chi connectivity index (χ1v) is 6.84. The van der Waals surface area contributed by atoms with Crippen molar-refractivity contribution in [3.63, 3.8) is 0 Å². The zero-order valence-electron chi connectivity index (χ0n) is 10.4. The number of fused-ring (bicyclic) bond motifs is 1. The van der Waals surface area contributed by atoms with Gasteiger partial charge >= 0.3 is 0 Å². The maximum absolute atomic E-state index is 13.5. The summed E-state index contributed by atoms with van der Waals surface area (Å²) in [6, 6.07) is 10.2. The lowest BCUT2D eigenvalue weighted by molar-refractivity contribution is 0.0994. The van der Waals surface area contributed by atoms with Crippen LogP contribution in [0, 0.1) is 5.82 Å². The highest BCUT2D eigenvalue weighted by atomic mass is 79.9. The van der Waals surface area contributed by atoms with Gasteiger partial charge in [0.1, 0.15) is 5.82 Å². The molecule has 0 fully saturated rings. The smallest absolute Gasteiger partial charge is 0.171 e. The van der Waals surface area contributed by atoms with Crippen molar-refractivity contribution in [1.82, 2.24) is 9.61 Å². The van der Waals surface area contributed by atoms with Crippen LogP contribution in [0.25, 0.3) is 5.52 Å². The highest BCUT2D eigenvalue weighted by Gasteiger charge is 2.15.